The van der Waals surface area contributed by atoms with Crippen LogP contribution in [0.15, 0.2) is 24.4 Å². The van der Waals surface area contributed by atoms with Crippen molar-refractivity contribution in [3.05, 3.63) is 41.3 Å². The number of aromatic nitrogens is 2. The van der Waals surface area contributed by atoms with Crippen molar-refractivity contribution in [1.29, 1.82) is 0 Å². The maximum atomic E-state index is 5.31. The third kappa shape index (κ3) is 3.84. The molecule has 2 rings (SSSR count). The van der Waals surface area contributed by atoms with Crippen LogP contribution in [0.25, 0.3) is 0 Å². The zero-order valence-corrected chi connectivity index (χ0v) is 12.9. The van der Waals surface area contributed by atoms with Gasteiger partial charge >= 0.3 is 0 Å². The Morgan fingerprint density at radius 3 is 2.57 bits per heavy atom. The molecule has 0 radical (unpaired) electrons. The molecule has 0 atom stereocenters. The average molecular weight is 287 g/mol. The van der Waals surface area contributed by atoms with Crippen LogP contribution in [0, 0.1) is 13.8 Å². The molecule has 1 aromatic carbocycles. The van der Waals surface area contributed by atoms with Gasteiger partial charge < -0.3 is 14.8 Å². The molecule has 21 heavy (non-hydrogen) atoms. The van der Waals surface area contributed by atoms with Gasteiger partial charge in [-0.05, 0) is 38.0 Å². The highest BCUT2D eigenvalue weighted by Gasteiger charge is 2.05. The fourth-order valence-corrected chi connectivity index (χ4v) is 2.07. The second kappa shape index (κ2) is 6.92. The molecule has 0 amide bonds. The van der Waals surface area contributed by atoms with E-state index >= 15 is 0 Å². The maximum absolute atomic E-state index is 5.31. The Kier molecular flexibility index (Phi) is 4.98. The zero-order chi connectivity index (χ0) is 15.2. The van der Waals surface area contributed by atoms with Crippen LogP contribution >= 0.6 is 0 Å². The van der Waals surface area contributed by atoms with Gasteiger partial charge in [0, 0.05) is 12.7 Å². The number of aryl methyl sites for hydroxylation is 2. The van der Waals surface area contributed by atoms with Gasteiger partial charge in [0.1, 0.15) is 5.82 Å². The molecule has 112 valence electrons. The zero-order valence-electron chi connectivity index (χ0n) is 12.9. The normalized spacial score (nSPS) is 10.3. The van der Waals surface area contributed by atoms with Crippen molar-refractivity contribution in [2.24, 2.45) is 0 Å². The van der Waals surface area contributed by atoms with Gasteiger partial charge in [0.2, 0.25) is 0 Å². The van der Waals surface area contributed by atoms with E-state index in [1.807, 2.05) is 32.0 Å². The highest BCUT2D eigenvalue weighted by Crippen LogP contribution is 2.27. The number of hydrogen-bond acceptors (Lipinski definition) is 5. The van der Waals surface area contributed by atoms with Crippen LogP contribution < -0.4 is 14.8 Å². The number of methoxy groups -OCH3 is 2. The van der Waals surface area contributed by atoms with E-state index in [0.29, 0.717) is 0 Å². The molecular weight excluding hydrogens is 266 g/mol. The summed E-state index contributed by atoms with van der Waals surface area (Å²) in [6, 6.07) is 5.96. The second-order valence-electron chi connectivity index (χ2n) is 4.81. The SMILES string of the molecule is COc1ccc(CCNc2nc(C)cnc2C)cc1OC. The summed E-state index contributed by atoms with van der Waals surface area (Å²) < 4.78 is 10.5. The van der Waals surface area contributed by atoms with Crippen molar-refractivity contribution in [1.82, 2.24) is 9.97 Å². The molecule has 0 unspecified atom stereocenters. The van der Waals surface area contributed by atoms with E-state index in [2.05, 4.69) is 15.3 Å². The first kappa shape index (κ1) is 15.1. The van der Waals surface area contributed by atoms with E-state index < -0.39 is 0 Å². The van der Waals surface area contributed by atoms with E-state index in [1.54, 1.807) is 20.4 Å². The number of ether oxygens (including phenoxy) is 2. The van der Waals surface area contributed by atoms with E-state index in [1.165, 1.54) is 5.56 Å². The molecular formula is C16H21N3O2. The first-order chi connectivity index (χ1) is 10.1. The fourth-order valence-electron chi connectivity index (χ4n) is 2.07. The minimum absolute atomic E-state index is 0.745. The lowest BCUT2D eigenvalue weighted by Gasteiger charge is -2.11. The van der Waals surface area contributed by atoms with Crippen LogP contribution in [0.3, 0.4) is 0 Å². The monoisotopic (exact) mass is 287 g/mol. The predicted molar refractivity (Wildman–Crippen MR) is 83.2 cm³/mol. The molecule has 5 heteroatoms. The Hall–Kier alpha value is -2.30. The van der Waals surface area contributed by atoms with Crippen LogP contribution in [0.5, 0.6) is 11.5 Å². The summed E-state index contributed by atoms with van der Waals surface area (Å²) >= 11 is 0. The lowest BCUT2D eigenvalue weighted by atomic mass is 10.1. The number of rotatable bonds is 6. The molecule has 5 nitrogen and oxygen atoms in total. The Balaban J connectivity index is 1.98. The minimum atomic E-state index is 0.745. The standard InChI is InChI=1S/C16H21N3O2/c1-11-10-18-12(2)16(19-11)17-8-7-13-5-6-14(20-3)15(9-13)21-4/h5-6,9-10H,7-8H2,1-4H3,(H,17,19). The highest BCUT2D eigenvalue weighted by atomic mass is 16.5. The van der Waals surface area contributed by atoms with Crippen molar-refractivity contribution in [3.63, 3.8) is 0 Å². The Bertz CT molecular complexity index is 614. The Morgan fingerprint density at radius 1 is 1.10 bits per heavy atom. The minimum Gasteiger partial charge on any atom is -0.493 e. The first-order valence-electron chi connectivity index (χ1n) is 6.89. The highest BCUT2D eigenvalue weighted by molar-refractivity contribution is 5.44. The maximum Gasteiger partial charge on any atom is 0.160 e. The van der Waals surface area contributed by atoms with Crippen molar-refractivity contribution in [2.45, 2.75) is 20.3 Å². The quantitative estimate of drug-likeness (QED) is 0.885. The van der Waals surface area contributed by atoms with Gasteiger partial charge in [0.05, 0.1) is 25.6 Å². The van der Waals surface area contributed by atoms with Crippen LogP contribution in [-0.2, 0) is 6.42 Å². The third-order valence-corrected chi connectivity index (χ3v) is 3.23. The van der Waals surface area contributed by atoms with Crippen molar-refractivity contribution >= 4 is 5.82 Å². The van der Waals surface area contributed by atoms with E-state index in [-0.39, 0.29) is 0 Å². The van der Waals surface area contributed by atoms with Crippen LogP contribution in [-0.4, -0.2) is 30.7 Å². The Labute approximate surface area is 125 Å². The molecule has 1 heterocycles. The van der Waals surface area contributed by atoms with E-state index in [4.69, 9.17) is 9.47 Å². The van der Waals surface area contributed by atoms with Gasteiger partial charge in [-0.1, -0.05) is 6.07 Å². The number of anilines is 1. The van der Waals surface area contributed by atoms with Crippen molar-refractivity contribution < 1.29 is 9.47 Å². The number of hydrogen-bond donors (Lipinski definition) is 1. The molecule has 0 bridgehead atoms. The number of benzene rings is 1. The van der Waals surface area contributed by atoms with Gasteiger partial charge in [0.15, 0.2) is 11.5 Å². The first-order valence-corrected chi connectivity index (χ1v) is 6.89. The number of nitrogens with zero attached hydrogens (tertiary/aromatic N) is 2. The summed E-state index contributed by atoms with van der Waals surface area (Å²) in [4.78, 5) is 8.74. The second-order valence-corrected chi connectivity index (χ2v) is 4.81. The van der Waals surface area contributed by atoms with Gasteiger partial charge in [-0.25, -0.2) is 4.98 Å². The molecule has 0 saturated carbocycles. The summed E-state index contributed by atoms with van der Waals surface area (Å²) in [5.74, 6) is 2.34. The smallest absolute Gasteiger partial charge is 0.160 e. The molecule has 1 N–H and O–H groups in total. The summed E-state index contributed by atoms with van der Waals surface area (Å²) in [5.41, 5.74) is 3.00. The van der Waals surface area contributed by atoms with Gasteiger partial charge in [-0.2, -0.15) is 0 Å². The van der Waals surface area contributed by atoms with Crippen molar-refractivity contribution in [3.8, 4) is 11.5 Å². The van der Waals surface area contributed by atoms with Crippen LogP contribution in [0.1, 0.15) is 17.0 Å². The summed E-state index contributed by atoms with van der Waals surface area (Å²) in [6.45, 7) is 4.67. The Morgan fingerprint density at radius 2 is 1.86 bits per heavy atom. The topological polar surface area (TPSA) is 56.3 Å². The van der Waals surface area contributed by atoms with E-state index in [9.17, 15) is 0 Å². The fraction of sp³-hybridized carbons (Fsp3) is 0.375. The summed E-state index contributed by atoms with van der Waals surface area (Å²) in [6.07, 6.45) is 2.64. The van der Waals surface area contributed by atoms with Crippen molar-refractivity contribution in [2.75, 3.05) is 26.1 Å². The number of nitrogens with one attached hydrogen (secondary N) is 1. The van der Waals surface area contributed by atoms with Gasteiger partial charge in [0.25, 0.3) is 0 Å². The predicted octanol–water partition coefficient (Wildman–Crippen LogP) is 2.77. The van der Waals surface area contributed by atoms with Crippen LogP contribution in [0.4, 0.5) is 5.82 Å². The third-order valence-electron chi connectivity index (χ3n) is 3.23. The molecule has 0 fully saturated rings. The molecule has 0 aliphatic carbocycles. The largest absolute Gasteiger partial charge is 0.493 e. The molecule has 1 aromatic heterocycles. The van der Waals surface area contributed by atoms with E-state index in [0.717, 1.165) is 41.7 Å². The molecule has 0 aliphatic rings. The molecule has 0 saturated heterocycles. The molecule has 2 aromatic rings. The molecule has 0 spiro atoms. The van der Waals surface area contributed by atoms with Crippen LogP contribution in [0.2, 0.25) is 0 Å². The lowest BCUT2D eigenvalue weighted by Crippen LogP contribution is -2.09. The summed E-state index contributed by atoms with van der Waals surface area (Å²) in [7, 11) is 3.28. The molecule has 0 aliphatic heterocycles. The van der Waals surface area contributed by atoms with Gasteiger partial charge in [-0.3, -0.25) is 4.98 Å². The van der Waals surface area contributed by atoms with Gasteiger partial charge in [-0.15, -0.1) is 0 Å². The summed E-state index contributed by atoms with van der Waals surface area (Å²) in [5, 5.41) is 3.32. The average Bonchev–Trinajstić information content (AvgIpc) is 2.50. The lowest BCUT2D eigenvalue weighted by molar-refractivity contribution is 0.354.